The SMILES string of the molecule is Cc1ccc(NC(=NCCCN2CC[C@]34c5c6ccc(O)c5O[C@H]3[C@@H](O)C=C[C@H]4[C@H]2C6)Nc2ccc(C)cc2)cc1. The van der Waals surface area contributed by atoms with Crippen molar-refractivity contribution >= 4 is 17.3 Å². The molecule has 0 amide bonds. The van der Waals surface area contributed by atoms with Crippen molar-refractivity contribution in [3.63, 3.8) is 0 Å². The molecular weight excluding hydrogens is 512 g/mol. The zero-order valence-corrected chi connectivity index (χ0v) is 23.7. The third-order valence-electron chi connectivity index (χ3n) is 9.49. The van der Waals surface area contributed by atoms with Crippen LogP contribution in [0.5, 0.6) is 11.5 Å². The van der Waals surface area contributed by atoms with Gasteiger partial charge in [0.2, 0.25) is 0 Å². The molecule has 2 aliphatic heterocycles. The molecule has 7 heteroatoms. The summed E-state index contributed by atoms with van der Waals surface area (Å²) in [4.78, 5) is 7.56. The summed E-state index contributed by atoms with van der Waals surface area (Å²) in [6, 6.07) is 20.8. The lowest BCUT2D eigenvalue weighted by atomic mass is 9.53. The van der Waals surface area contributed by atoms with Gasteiger partial charge in [0, 0.05) is 47.4 Å². The number of aryl methyl sites for hydroxylation is 2. The second-order valence-electron chi connectivity index (χ2n) is 12.1. The number of aliphatic hydroxyl groups excluding tert-OH is 1. The van der Waals surface area contributed by atoms with Crippen LogP contribution in [0.4, 0.5) is 11.4 Å². The number of benzene rings is 3. The Morgan fingerprint density at radius 3 is 2.34 bits per heavy atom. The number of hydrogen-bond acceptors (Lipinski definition) is 5. The molecule has 1 spiro atoms. The Morgan fingerprint density at radius 2 is 1.66 bits per heavy atom. The number of aliphatic imine (C=N–C) groups is 1. The minimum Gasteiger partial charge on any atom is -0.504 e. The van der Waals surface area contributed by atoms with E-state index in [0.717, 1.165) is 55.2 Å². The summed E-state index contributed by atoms with van der Waals surface area (Å²) in [6.45, 7) is 6.76. The molecule has 3 aromatic rings. The van der Waals surface area contributed by atoms with Crippen LogP contribution in [0.15, 0.2) is 77.8 Å². The lowest BCUT2D eigenvalue weighted by Gasteiger charge is -2.57. The number of nitrogens with one attached hydrogen (secondary N) is 2. The molecule has 5 atom stereocenters. The fourth-order valence-corrected chi connectivity index (χ4v) is 7.53. The van der Waals surface area contributed by atoms with Crippen LogP contribution in [0.3, 0.4) is 0 Å². The Hall–Kier alpha value is -3.81. The highest BCUT2D eigenvalue weighted by Gasteiger charge is 2.64. The molecule has 1 saturated heterocycles. The Morgan fingerprint density at radius 1 is 0.976 bits per heavy atom. The van der Waals surface area contributed by atoms with Gasteiger partial charge in [-0.15, -0.1) is 0 Å². The second-order valence-corrected chi connectivity index (χ2v) is 12.1. The van der Waals surface area contributed by atoms with E-state index in [1.165, 1.54) is 16.7 Å². The van der Waals surface area contributed by atoms with Gasteiger partial charge in [0.05, 0.1) is 0 Å². The summed E-state index contributed by atoms with van der Waals surface area (Å²) in [5.74, 6) is 1.78. The van der Waals surface area contributed by atoms with Crippen molar-refractivity contribution in [2.45, 2.75) is 56.8 Å². The van der Waals surface area contributed by atoms with Gasteiger partial charge in [-0.3, -0.25) is 9.89 Å². The first-order chi connectivity index (χ1) is 19.9. The minimum atomic E-state index is -0.661. The molecule has 41 heavy (non-hydrogen) atoms. The standard InChI is InChI=1S/C34H38N4O3/c1-21-4-9-24(10-5-21)36-33(37-25-11-6-22(2)7-12-25)35-17-3-18-38-19-16-34-26-13-15-29(40)32(34)41-31-28(39)14-8-23(30(31)34)20-27(26)38/h4-15,26-27,29,32,39-40H,3,16-20H2,1-2H3,(H2,35,36,37)/t26-,27+,29-,32-,34-/m0/s1. The van der Waals surface area contributed by atoms with Gasteiger partial charge in [0.15, 0.2) is 17.5 Å². The number of phenols is 1. The summed E-state index contributed by atoms with van der Waals surface area (Å²) in [6.07, 6.45) is 5.89. The van der Waals surface area contributed by atoms with Crippen molar-refractivity contribution in [3.8, 4) is 11.5 Å². The number of piperidine rings is 1. The molecule has 4 aliphatic rings. The third kappa shape index (κ3) is 4.48. The molecular formula is C34H38N4O3. The van der Waals surface area contributed by atoms with E-state index in [4.69, 9.17) is 9.73 Å². The van der Waals surface area contributed by atoms with Gasteiger partial charge in [0.25, 0.3) is 0 Å². The molecule has 2 bridgehead atoms. The van der Waals surface area contributed by atoms with Crippen molar-refractivity contribution < 1.29 is 14.9 Å². The summed E-state index contributed by atoms with van der Waals surface area (Å²) < 4.78 is 6.29. The van der Waals surface area contributed by atoms with E-state index in [0.29, 0.717) is 18.3 Å². The van der Waals surface area contributed by atoms with Crippen LogP contribution in [0, 0.1) is 19.8 Å². The predicted molar refractivity (Wildman–Crippen MR) is 163 cm³/mol. The highest BCUT2D eigenvalue weighted by atomic mass is 16.5. The largest absolute Gasteiger partial charge is 0.504 e. The van der Waals surface area contributed by atoms with Crippen LogP contribution in [0.25, 0.3) is 0 Å². The highest BCUT2D eigenvalue weighted by molar-refractivity contribution is 6.03. The Bertz CT molecular complexity index is 1450. The van der Waals surface area contributed by atoms with Crippen LogP contribution in [-0.2, 0) is 11.8 Å². The van der Waals surface area contributed by atoms with Gasteiger partial charge in [0.1, 0.15) is 12.2 Å². The lowest BCUT2D eigenvalue weighted by Crippen LogP contribution is -2.65. The van der Waals surface area contributed by atoms with Crippen molar-refractivity contribution in [2.75, 3.05) is 30.3 Å². The summed E-state index contributed by atoms with van der Waals surface area (Å²) in [5.41, 5.74) is 6.57. The van der Waals surface area contributed by atoms with Crippen molar-refractivity contribution in [3.05, 3.63) is 95.1 Å². The molecule has 3 aromatic carbocycles. The zero-order valence-electron chi connectivity index (χ0n) is 23.7. The van der Waals surface area contributed by atoms with E-state index in [-0.39, 0.29) is 23.2 Å². The maximum atomic E-state index is 10.9. The fraction of sp³-hybridized carbons (Fsp3) is 0.382. The van der Waals surface area contributed by atoms with Crippen LogP contribution >= 0.6 is 0 Å². The molecule has 0 aromatic heterocycles. The number of nitrogens with zero attached hydrogens (tertiary/aromatic N) is 2. The topological polar surface area (TPSA) is 89.4 Å². The average Bonchev–Trinajstić information content (AvgIpc) is 3.33. The Balaban J connectivity index is 1.08. The second kappa shape index (κ2) is 10.2. The van der Waals surface area contributed by atoms with Gasteiger partial charge in [-0.25, -0.2) is 0 Å². The fourth-order valence-electron chi connectivity index (χ4n) is 7.53. The van der Waals surface area contributed by atoms with Gasteiger partial charge >= 0.3 is 0 Å². The van der Waals surface area contributed by atoms with Crippen molar-refractivity contribution in [1.82, 2.24) is 4.90 Å². The minimum absolute atomic E-state index is 0.187. The molecule has 7 nitrogen and oxygen atoms in total. The lowest BCUT2D eigenvalue weighted by molar-refractivity contribution is -0.0516. The molecule has 0 saturated carbocycles. The van der Waals surface area contributed by atoms with Gasteiger partial charge in [-0.2, -0.15) is 0 Å². The van der Waals surface area contributed by atoms with Gasteiger partial charge in [-0.05, 0) is 75.5 Å². The molecule has 4 N–H and O–H groups in total. The molecule has 0 radical (unpaired) electrons. The first-order valence-corrected chi connectivity index (χ1v) is 14.8. The number of guanidine groups is 1. The Kier molecular flexibility index (Phi) is 6.51. The smallest absolute Gasteiger partial charge is 0.200 e. The summed E-state index contributed by atoms with van der Waals surface area (Å²) >= 11 is 0. The van der Waals surface area contributed by atoms with E-state index >= 15 is 0 Å². The van der Waals surface area contributed by atoms with Gasteiger partial charge in [-0.1, -0.05) is 53.6 Å². The van der Waals surface area contributed by atoms with Crippen LogP contribution in [0.1, 0.15) is 35.1 Å². The molecule has 0 unspecified atom stereocenters. The van der Waals surface area contributed by atoms with E-state index < -0.39 is 6.10 Å². The number of aliphatic hydroxyl groups is 1. The number of phenolic OH excluding ortho intramolecular Hbond substituents is 1. The molecule has 2 aliphatic carbocycles. The molecule has 1 fully saturated rings. The quantitative estimate of drug-likeness (QED) is 0.147. The van der Waals surface area contributed by atoms with E-state index in [1.807, 2.05) is 6.08 Å². The van der Waals surface area contributed by atoms with E-state index in [2.05, 4.69) is 90.1 Å². The maximum Gasteiger partial charge on any atom is 0.200 e. The Labute approximate surface area is 241 Å². The van der Waals surface area contributed by atoms with Gasteiger partial charge < -0.3 is 25.6 Å². The molecule has 2 heterocycles. The van der Waals surface area contributed by atoms with Crippen LogP contribution < -0.4 is 15.4 Å². The number of rotatable bonds is 6. The maximum absolute atomic E-state index is 10.9. The molecule has 7 rings (SSSR count). The third-order valence-corrected chi connectivity index (χ3v) is 9.49. The first-order valence-electron chi connectivity index (χ1n) is 14.8. The van der Waals surface area contributed by atoms with E-state index in [9.17, 15) is 10.2 Å². The highest BCUT2D eigenvalue weighted by Crippen LogP contribution is 2.62. The zero-order chi connectivity index (χ0) is 28.1. The normalized spacial score (nSPS) is 27.1. The summed E-state index contributed by atoms with van der Waals surface area (Å²) in [7, 11) is 0. The number of likely N-dealkylation sites (tertiary alicyclic amines) is 1. The number of ether oxygens (including phenoxy) is 1. The monoisotopic (exact) mass is 550 g/mol. The van der Waals surface area contributed by atoms with Crippen molar-refractivity contribution in [2.24, 2.45) is 10.9 Å². The molecule has 212 valence electrons. The van der Waals surface area contributed by atoms with E-state index in [1.54, 1.807) is 6.07 Å². The summed E-state index contributed by atoms with van der Waals surface area (Å²) in [5, 5.41) is 28.4. The predicted octanol–water partition coefficient (Wildman–Crippen LogP) is 5.16. The van der Waals surface area contributed by atoms with Crippen LogP contribution in [0.2, 0.25) is 0 Å². The number of aromatic hydroxyl groups is 1. The first kappa shape index (κ1) is 26.1. The number of anilines is 2. The van der Waals surface area contributed by atoms with Crippen molar-refractivity contribution in [1.29, 1.82) is 0 Å². The van der Waals surface area contributed by atoms with Crippen LogP contribution in [-0.4, -0.2) is 59.0 Å². The number of hydrogen-bond donors (Lipinski definition) is 4. The average molecular weight is 551 g/mol.